The molecule has 0 saturated heterocycles. The third-order valence-corrected chi connectivity index (χ3v) is 4.42. The van der Waals surface area contributed by atoms with Gasteiger partial charge < -0.3 is 14.4 Å². The van der Waals surface area contributed by atoms with Gasteiger partial charge in [-0.25, -0.2) is 0 Å². The van der Waals surface area contributed by atoms with Crippen molar-refractivity contribution in [2.75, 3.05) is 24.7 Å². The van der Waals surface area contributed by atoms with Gasteiger partial charge >= 0.3 is 0 Å². The Bertz CT molecular complexity index is 742. The van der Waals surface area contributed by atoms with Crippen molar-refractivity contribution in [2.45, 2.75) is 33.1 Å². The summed E-state index contributed by atoms with van der Waals surface area (Å²) in [6.07, 6.45) is 2.14. The van der Waals surface area contributed by atoms with Crippen LogP contribution in [-0.2, 0) is 17.6 Å². The number of carbonyl (C=O) groups excluding carboxylic acids is 1. The van der Waals surface area contributed by atoms with Crippen molar-refractivity contribution in [3.8, 4) is 11.5 Å². The van der Waals surface area contributed by atoms with Crippen LogP contribution in [0.4, 0.5) is 5.69 Å². The quantitative estimate of drug-likeness (QED) is 0.765. The maximum Gasteiger partial charge on any atom is 0.227 e. The second kappa shape index (κ2) is 8.06. The lowest BCUT2D eigenvalue weighted by molar-refractivity contribution is -0.118. The van der Waals surface area contributed by atoms with E-state index in [2.05, 4.69) is 6.07 Å². The normalized spacial score (nSPS) is 12.8. The van der Waals surface area contributed by atoms with Gasteiger partial charge in [0.1, 0.15) is 0 Å². The van der Waals surface area contributed by atoms with Gasteiger partial charge in [-0.05, 0) is 56.0 Å². The van der Waals surface area contributed by atoms with Gasteiger partial charge in [-0.1, -0.05) is 24.3 Å². The van der Waals surface area contributed by atoms with E-state index in [1.807, 2.05) is 55.1 Å². The zero-order valence-corrected chi connectivity index (χ0v) is 15.0. The van der Waals surface area contributed by atoms with Crippen LogP contribution in [0.2, 0.25) is 0 Å². The third kappa shape index (κ3) is 3.95. The van der Waals surface area contributed by atoms with Crippen LogP contribution >= 0.6 is 0 Å². The molecule has 0 radical (unpaired) electrons. The van der Waals surface area contributed by atoms with E-state index < -0.39 is 0 Å². The van der Waals surface area contributed by atoms with Crippen molar-refractivity contribution in [3.63, 3.8) is 0 Å². The summed E-state index contributed by atoms with van der Waals surface area (Å²) in [5.41, 5.74) is 3.41. The van der Waals surface area contributed by atoms with E-state index in [9.17, 15) is 4.79 Å². The first-order valence-electron chi connectivity index (χ1n) is 8.99. The average molecular weight is 339 g/mol. The van der Waals surface area contributed by atoms with Crippen LogP contribution in [0.3, 0.4) is 0 Å². The summed E-state index contributed by atoms with van der Waals surface area (Å²) in [6, 6.07) is 14.1. The molecule has 4 nitrogen and oxygen atoms in total. The molecule has 0 aliphatic carbocycles. The molecule has 0 bridgehead atoms. The largest absolute Gasteiger partial charge is 0.490 e. The minimum Gasteiger partial charge on any atom is -0.490 e. The summed E-state index contributed by atoms with van der Waals surface area (Å²) in [6.45, 7) is 5.89. The number of carbonyl (C=O) groups is 1. The first-order valence-corrected chi connectivity index (χ1v) is 8.99. The van der Waals surface area contributed by atoms with Crippen molar-refractivity contribution >= 4 is 11.6 Å². The number of ether oxygens (including phenoxy) is 2. The summed E-state index contributed by atoms with van der Waals surface area (Å²) in [5.74, 6) is 1.69. The summed E-state index contributed by atoms with van der Waals surface area (Å²) >= 11 is 0. The predicted octanol–water partition coefficient (Wildman–Crippen LogP) is 4.01. The number of hydrogen-bond acceptors (Lipinski definition) is 3. The van der Waals surface area contributed by atoms with Gasteiger partial charge in [-0.2, -0.15) is 0 Å². The zero-order valence-electron chi connectivity index (χ0n) is 15.0. The highest BCUT2D eigenvalue weighted by Crippen LogP contribution is 2.30. The van der Waals surface area contributed by atoms with E-state index in [0.29, 0.717) is 26.1 Å². The summed E-state index contributed by atoms with van der Waals surface area (Å²) in [5, 5.41) is 0. The number of benzene rings is 2. The second-order valence-corrected chi connectivity index (χ2v) is 6.07. The molecule has 0 spiro atoms. The molecule has 1 heterocycles. The zero-order chi connectivity index (χ0) is 17.6. The SMILES string of the molecule is CCOc1ccc(CCC(=O)N2CCc3ccccc32)cc1OCC. The van der Waals surface area contributed by atoms with Gasteiger partial charge in [0.15, 0.2) is 11.5 Å². The monoisotopic (exact) mass is 339 g/mol. The molecule has 3 rings (SSSR count). The molecule has 132 valence electrons. The average Bonchev–Trinajstić information content (AvgIpc) is 3.06. The Labute approximate surface area is 149 Å². The fourth-order valence-corrected chi connectivity index (χ4v) is 3.23. The molecule has 2 aromatic rings. The summed E-state index contributed by atoms with van der Waals surface area (Å²) in [7, 11) is 0. The molecule has 0 saturated carbocycles. The number of hydrogen-bond donors (Lipinski definition) is 0. The van der Waals surface area contributed by atoms with Crippen LogP contribution in [0.1, 0.15) is 31.4 Å². The van der Waals surface area contributed by atoms with Crippen LogP contribution in [0.25, 0.3) is 0 Å². The Balaban J connectivity index is 1.65. The maximum absolute atomic E-state index is 12.6. The Morgan fingerprint density at radius 1 is 1.04 bits per heavy atom. The van der Waals surface area contributed by atoms with E-state index in [-0.39, 0.29) is 5.91 Å². The number of rotatable bonds is 7. The molecular formula is C21H25NO3. The number of amides is 1. The van der Waals surface area contributed by atoms with Crippen LogP contribution in [0.5, 0.6) is 11.5 Å². The summed E-state index contributed by atoms with van der Waals surface area (Å²) in [4.78, 5) is 14.5. The van der Waals surface area contributed by atoms with Crippen molar-refractivity contribution in [2.24, 2.45) is 0 Å². The molecule has 2 aromatic carbocycles. The van der Waals surface area contributed by atoms with Crippen LogP contribution in [-0.4, -0.2) is 25.7 Å². The molecular weight excluding hydrogens is 314 g/mol. The topological polar surface area (TPSA) is 38.8 Å². The smallest absolute Gasteiger partial charge is 0.227 e. The van der Waals surface area contributed by atoms with Crippen molar-refractivity contribution < 1.29 is 14.3 Å². The van der Waals surface area contributed by atoms with Gasteiger partial charge in [0.25, 0.3) is 0 Å². The van der Waals surface area contributed by atoms with E-state index in [4.69, 9.17) is 9.47 Å². The Hall–Kier alpha value is -2.49. The predicted molar refractivity (Wildman–Crippen MR) is 99.6 cm³/mol. The number of anilines is 1. The van der Waals surface area contributed by atoms with Crippen LogP contribution in [0, 0.1) is 0 Å². The fraction of sp³-hybridized carbons (Fsp3) is 0.381. The second-order valence-electron chi connectivity index (χ2n) is 6.07. The molecule has 1 aliphatic rings. The molecule has 1 aliphatic heterocycles. The van der Waals surface area contributed by atoms with Crippen molar-refractivity contribution in [3.05, 3.63) is 53.6 Å². The first-order chi connectivity index (χ1) is 12.2. The Kier molecular flexibility index (Phi) is 5.59. The lowest BCUT2D eigenvalue weighted by Crippen LogP contribution is -2.29. The highest BCUT2D eigenvalue weighted by atomic mass is 16.5. The third-order valence-electron chi connectivity index (χ3n) is 4.42. The molecule has 0 unspecified atom stereocenters. The number of aryl methyl sites for hydroxylation is 1. The van der Waals surface area contributed by atoms with Gasteiger partial charge in [-0.15, -0.1) is 0 Å². The van der Waals surface area contributed by atoms with Crippen LogP contribution in [0.15, 0.2) is 42.5 Å². The maximum atomic E-state index is 12.6. The van der Waals surface area contributed by atoms with Crippen molar-refractivity contribution in [1.82, 2.24) is 0 Å². The summed E-state index contributed by atoms with van der Waals surface area (Å²) < 4.78 is 11.3. The molecule has 0 atom stereocenters. The molecule has 1 amide bonds. The standard InChI is InChI=1S/C21H25NO3/c1-3-24-19-11-9-16(15-20(19)25-4-2)10-12-21(23)22-14-13-17-7-5-6-8-18(17)22/h5-9,11,15H,3-4,10,12-14H2,1-2H3. The fourth-order valence-electron chi connectivity index (χ4n) is 3.23. The number of fused-ring (bicyclic) bond motifs is 1. The van der Waals surface area contributed by atoms with Crippen molar-refractivity contribution in [1.29, 1.82) is 0 Å². The molecule has 4 heteroatoms. The van der Waals surface area contributed by atoms with Gasteiger partial charge in [-0.3, -0.25) is 4.79 Å². The van der Waals surface area contributed by atoms with Crippen LogP contribution < -0.4 is 14.4 Å². The van der Waals surface area contributed by atoms with E-state index in [1.165, 1.54) is 5.56 Å². The van der Waals surface area contributed by atoms with E-state index in [0.717, 1.165) is 35.7 Å². The van der Waals surface area contributed by atoms with Gasteiger partial charge in [0.05, 0.1) is 13.2 Å². The highest BCUT2D eigenvalue weighted by Gasteiger charge is 2.23. The molecule has 25 heavy (non-hydrogen) atoms. The Morgan fingerprint density at radius 3 is 2.60 bits per heavy atom. The first kappa shape index (κ1) is 17.3. The molecule has 0 aromatic heterocycles. The minimum atomic E-state index is 0.178. The van der Waals surface area contributed by atoms with E-state index >= 15 is 0 Å². The van der Waals surface area contributed by atoms with E-state index in [1.54, 1.807) is 0 Å². The lowest BCUT2D eigenvalue weighted by atomic mass is 10.1. The Morgan fingerprint density at radius 2 is 1.80 bits per heavy atom. The van der Waals surface area contributed by atoms with Gasteiger partial charge in [0.2, 0.25) is 5.91 Å². The number of para-hydroxylation sites is 1. The highest BCUT2D eigenvalue weighted by molar-refractivity contribution is 5.95. The molecule has 0 fully saturated rings. The van der Waals surface area contributed by atoms with Gasteiger partial charge in [0, 0.05) is 18.7 Å². The molecule has 0 N–H and O–H groups in total. The number of nitrogens with zero attached hydrogens (tertiary/aromatic N) is 1. The minimum absolute atomic E-state index is 0.178. The lowest BCUT2D eigenvalue weighted by Gasteiger charge is -2.17.